The van der Waals surface area contributed by atoms with Crippen LogP contribution in [0, 0.1) is 0 Å². The van der Waals surface area contributed by atoms with Crippen LogP contribution >= 0.6 is 0 Å². The van der Waals surface area contributed by atoms with E-state index in [2.05, 4.69) is 25.0 Å². The van der Waals surface area contributed by atoms with Crippen LogP contribution in [-0.4, -0.2) is 25.9 Å². The van der Waals surface area contributed by atoms with E-state index in [1.54, 1.807) is 6.33 Å². The maximum absolute atomic E-state index is 12.1. The van der Waals surface area contributed by atoms with Gasteiger partial charge < -0.3 is 14.6 Å². The number of alkyl halides is 3. The number of fused-ring (bicyclic) bond motifs is 1. The molecule has 0 amide bonds. The first-order valence-corrected chi connectivity index (χ1v) is 6.75. The third-order valence-corrected chi connectivity index (χ3v) is 3.09. The van der Waals surface area contributed by atoms with Crippen molar-refractivity contribution >= 4 is 22.7 Å². The molecule has 0 bridgehead atoms. The van der Waals surface area contributed by atoms with Gasteiger partial charge in [0.1, 0.15) is 12.1 Å². The normalized spacial score (nSPS) is 11.7. The van der Waals surface area contributed by atoms with Gasteiger partial charge in [0.2, 0.25) is 0 Å². The summed E-state index contributed by atoms with van der Waals surface area (Å²) >= 11 is 0. The zero-order valence-electron chi connectivity index (χ0n) is 12.0. The summed E-state index contributed by atoms with van der Waals surface area (Å²) in [4.78, 5) is 12.5. The van der Waals surface area contributed by atoms with Gasteiger partial charge in [0.05, 0.1) is 6.33 Å². The molecule has 1 N–H and O–H groups in total. The zero-order valence-corrected chi connectivity index (χ0v) is 12.0. The molecule has 0 atom stereocenters. The number of imidazole rings is 1. The van der Waals surface area contributed by atoms with Crippen LogP contribution in [0.1, 0.15) is 6.92 Å². The van der Waals surface area contributed by atoms with Gasteiger partial charge in [-0.3, -0.25) is 0 Å². The van der Waals surface area contributed by atoms with Gasteiger partial charge in [-0.15, -0.1) is 13.2 Å². The Labute approximate surface area is 129 Å². The summed E-state index contributed by atoms with van der Waals surface area (Å²) in [5, 5.41) is 3.01. The maximum atomic E-state index is 12.1. The third kappa shape index (κ3) is 3.33. The lowest BCUT2D eigenvalue weighted by atomic mass is 10.3. The zero-order chi connectivity index (χ0) is 16.4. The number of anilines is 2. The molecule has 6 nitrogen and oxygen atoms in total. The maximum Gasteiger partial charge on any atom is 0.573 e. The average Bonchev–Trinajstić information content (AvgIpc) is 2.92. The Morgan fingerprint density at radius 2 is 1.87 bits per heavy atom. The van der Waals surface area contributed by atoms with Crippen LogP contribution < -0.4 is 10.1 Å². The molecule has 0 spiro atoms. The minimum Gasteiger partial charge on any atom is -0.406 e. The van der Waals surface area contributed by atoms with Gasteiger partial charge in [0.15, 0.2) is 17.0 Å². The Hall–Kier alpha value is -2.84. The Morgan fingerprint density at radius 3 is 2.52 bits per heavy atom. The number of nitrogens with zero attached hydrogens (tertiary/aromatic N) is 4. The first-order valence-electron chi connectivity index (χ1n) is 6.75. The monoisotopic (exact) mass is 323 g/mol. The molecular weight excluding hydrogens is 311 g/mol. The summed E-state index contributed by atoms with van der Waals surface area (Å²) in [6.07, 6.45) is -1.65. The van der Waals surface area contributed by atoms with Gasteiger partial charge >= 0.3 is 6.36 Å². The topological polar surface area (TPSA) is 64.9 Å². The summed E-state index contributed by atoms with van der Waals surface area (Å²) in [6, 6.07) is 5.37. The molecule has 0 fully saturated rings. The minimum absolute atomic E-state index is 0.286. The third-order valence-electron chi connectivity index (χ3n) is 3.09. The van der Waals surface area contributed by atoms with Crippen LogP contribution in [0.5, 0.6) is 5.75 Å². The van der Waals surface area contributed by atoms with E-state index >= 15 is 0 Å². The van der Waals surface area contributed by atoms with Crippen molar-refractivity contribution in [2.45, 2.75) is 19.8 Å². The Kier molecular flexibility index (Phi) is 3.77. The molecule has 2 aromatic heterocycles. The van der Waals surface area contributed by atoms with Crippen LogP contribution in [0.4, 0.5) is 24.7 Å². The molecule has 23 heavy (non-hydrogen) atoms. The van der Waals surface area contributed by atoms with Crippen molar-refractivity contribution in [3.63, 3.8) is 0 Å². The Bertz CT molecular complexity index is 813. The second-order valence-electron chi connectivity index (χ2n) is 4.62. The molecule has 0 aliphatic rings. The standard InChI is InChI=1S/C14H12F3N5O/c1-2-22-8-20-11-12(18-7-19-13(11)22)21-9-3-5-10(6-4-9)23-14(15,16)17/h3-8H,2H2,1H3,(H,18,19,21). The van der Waals surface area contributed by atoms with Crippen LogP contribution in [0.15, 0.2) is 36.9 Å². The largest absolute Gasteiger partial charge is 0.573 e. The smallest absolute Gasteiger partial charge is 0.406 e. The summed E-state index contributed by atoms with van der Waals surface area (Å²) in [6.45, 7) is 2.69. The van der Waals surface area contributed by atoms with Crippen molar-refractivity contribution in [2.24, 2.45) is 0 Å². The number of aromatic nitrogens is 4. The van der Waals surface area contributed by atoms with Crippen LogP contribution in [0.25, 0.3) is 11.2 Å². The Morgan fingerprint density at radius 1 is 1.13 bits per heavy atom. The van der Waals surface area contributed by atoms with Crippen LogP contribution in [0.2, 0.25) is 0 Å². The molecule has 120 valence electrons. The van der Waals surface area contributed by atoms with E-state index in [1.165, 1.54) is 30.6 Å². The SMILES string of the molecule is CCn1cnc2c(Nc3ccc(OC(F)(F)F)cc3)ncnc21. The number of hydrogen-bond acceptors (Lipinski definition) is 5. The highest BCUT2D eigenvalue weighted by molar-refractivity contribution is 5.85. The quantitative estimate of drug-likeness (QED) is 0.796. The van der Waals surface area contributed by atoms with Gasteiger partial charge in [-0.2, -0.15) is 0 Å². The molecule has 3 rings (SSSR count). The fourth-order valence-corrected chi connectivity index (χ4v) is 2.08. The van der Waals surface area contributed by atoms with Crippen LogP contribution in [0.3, 0.4) is 0 Å². The fraction of sp³-hybridized carbons (Fsp3) is 0.214. The molecule has 0 saturated carbocycles. The molecule has 0 aliphatic carbocycles. The van der Waals surface area contributed by atoms with Gasteiger partial charge in [0, 0.05) is 12.2 Å². The molecule has 9 heteroatoms. The number of benzene rings is 1. The summed E-state index contributed by atoms with van der Waals surface area (Å²) in [7, 11) is 0. The lowest BCUT2D eigenvalue weighted by Gasteiger charge is -2.10. The van der Waals surface area contributed by atoms with Crippen molar-refractivity contribution in [1.29, 1.82) is 0 Å². The highest BCUT2D eigenvalue weighted by Gasteiger charge is 2.30. The highest BCUT2D eigenvalue weighted by atomic mass is 19.4. The van der Waals surface area contributed by atoms with E-state index in [9.17, 15) is 13.2 Å². The number of halogens is 3. The van der Waals surface area contributed by atoms with Crippen molar-refractivity contribution in [1.82, 2.24) is 19.5 Å². The summed E-state index contributed by atoms with van der Waals surface area (Å²) < 4.78 is 42.1. The van der Waals surface area contributed by atoms with Gasteiger partial charge in [-0.1, -0.05) is 0 Å². The lowest BCUT2D eigenvalue weighted by Crippen LogP contribution is -2.16. The number of aryl methyl sites for hydroxylation is 1. The Balaban J connectivity index is 1.83. The first-order chi connectivity index (χ1) is 11.0. The molecule has 0 aliphatic heterocycles. The van der Waals surface area contributed by atoms with Gasteiger partial charge in [-0.05, 0) is 31.2 Å². The average molecular weight is 323 g/mol. The van der Waals surface area contributed by atoms with E-state index in [0.29, 0.717) is 22.7 Å². The number of rotatable bonds is 4. The predicted octanol–water partition coefficient (Wildman–Crippen LogP) is 3.49. The number of ether oxygens (including phenoxy) is 1. The first kappa shape index (κ1) is 15.1. The lowest BCUT2D eigenvalue weighted by molar-refractivity contribution is -0.274. The van der Waals surface area contributed by atoms with Gasteiger partial charge in [0.25, 0.3) is 0 Å². The molecule has 0 radical (unpaired) electrons. The van der Waals surface area contributed by atoms with E-state index in [1.807, 2.05) is 11.5 Å². The molecule has 0 saturated heterocycles. The van der Waals surface area contributed by atoms with Gasteiger partial charge in [-0.25, -0.2) is 15.0 Å². The minimum atomic E-state index is -4.71. The van der Waals surface area contributed by atoms with Crippen molar-refractivity contribution in [3.05, 3.63) is 36.9 Å². The molecule has 1 aromatic carbocycles. The second kappa shape index (κ2) is 5.75. The van der Waals surface area contributed by atoms with E-state index in [0.717, 1.165) is 6.54 Å². The van der Waals surface area contributed by atoms with Crippen molar-refractivity contribution < 1.29 is 17.9 Å². The molecule has 3 aromatic rings. The molecular formula is C14H12F3N5O. The number of hydrogen-bond donors (Lipinski definition) is 1. The van der Waals surface area contributed by atoms with E-state index < -0.39 is 6.36 Å². The molecule has 2 heterocycles. The van der Waals surface area contributed by atoms with E-state index in [-0.39, 0.29) is 5.75 Å². The fourth-order valence-electron chi connectivity index (χ4n) is 2.08. The summed E-state index contributed by atoms with van der Waals surface area (Å²) in [5.74, 6) is 0.192. The van der Waals surface area contributed by atoms with Crippen molar-refractivity contribution in [2.75, 3.05) is 5.32 Å². The van der Waals surface area contributed by atoms with Crippen LogP contribution in [-0.2, 0) is 6.54 Å². The molecule has 0 unspecified atom stereocenters. The summed E-state index contributed by atoms with van der Waals surface area (Å²) in [5.41, 5.74) is 1.83. The number of nitrogens with one attached hydrogen (secondary N) is 1. The van der Waals surface area contributed by atoms with Crippen molar-refractivity contribution in [3.8, 4) is 5.75 Å². The predicted molar refractivity (Wildman–Crippen MR) is 77.4 cm³/mol. The highest BCUT2D eigenvalue weighted by Crippen LogP contribution is 2.26. The van der Waals surface area contributed by atoms with E-state index in [4.69, 9.17) is 0 Å². The second-order valence-corrected chi connectivity index (χ2v) is 4.62.